The van der Waals surface area contributed by atoms with E-state index in [-0.39, 0.29) is 23.7 Å². The molecule has 14 heteroatoms. The highest BCUT2D eigenvalue weighted by molar-refractivity contribution is 7.89. The number of aryl methyl sites for hydroxylation is 1. The molecule has 0 saturated carbocycles. The lowest BCUT2D eigenvalue weighted by Crippen LogP contribution is -2.64. The zero-order valence-electron chi connectivity index (χ0n) is 17.5. The number of aromatic nitrogens is 2. The second-order valence-corrected chi connectivity index (χ2v) is 9.72. The molecule has 176 valence electrons. The van der Waals surface area contributed by atoms with Crippen molar-refractivity contribution in [3.63, 3.8) is 0 Å². The van der Waals surface area contributed by atoms with Crippen LogP contribution in [0, 0.1) is 0 Å². The van der Waals surface area contributed by atoms with Crippen molar-refractivity contribution in [2.45, 2.75) is 31.5 Å². The van der Waals surface area contributed by atoms with Gasteiger partial charge in [0.05, 0.1) is 29.7 Å². The van der Waals surface area contributed by atoms with Crippen molar-refractivity contribution in [3.8, 4) is 0 Å². The van der Waals surface area contributed by atoms with Gasteiger partial charge in [0, 0.05) is 32.9 Å². The largest absolute Gasteiger partial charge is 0.490 e. The zero-order valence-corrected chi connectivity index (χ0v) is 18.3. The number of carboxylic acids is 1. The van der Waals surface area contributed by atoms with E-state index in [1.807, 2.05) is 32.1 Å². The van der Waals surface area contributed by atoms with Crippen LogP contribution >= 0.6 is 0 Å². The van der Waals surface area contributed by atoms with E-state index in [2.05, 4.69) is 5.10 Å². The Morgan fingerprint density at radius 2 is 1.90 bits per heavy atom. The Labute approximate surface area is 178 Å². The van der Waals surface area contributed by atoms with E-state index in [1.54, 1.807) is 20.1 Å². The highest BCUT2D eigenvalue weighted by Crippen LogP contribution is 2.34. The average Bonchev–Trinajstić information content (AvgIpc) is 3.26. The molecule has 1 aromatic rings. The van der Waals surface area contributed by atoms with Crippen LogP contribution in [0.5, 0.6) is 0 Å². The molecular formula is C17H26F3N5O5S. The van der Waals surface area contributed by atoms with E-state index in [1.165, 1.54) is 0 Å². The molecular weight excluding hydrogens is 443 g/mol. The van der Waals surface area contributed by atoms with Crippen LogP contribution in [0.3, 0.4) is 0 Å². The molecule has 10 nitrogen and oxygen atoms in total. The fraction of sp³-hybridized carbons (Fsp3) is 0.706. The maximum Gasteiger partial charge on any atom is 0.490 e. The summed E-state index contributed by atoms with van der Waals surface area (Å²) in [4.78, 5) is 25.1. The summed E-state index contributed by atoms with van der Waals surface area (Å²) in [5.74, 6) is -2.56. The molecule has 2 fully saturated rings. The van der Waals surface area contributed by atoms with Crippen LogP contribution in [0.1, 0.15) is 19.8 Å². The molecule has 1 amide bonds. The number of halogens is 3. The average molecular weight is 469 g/mol. The second-order valence-electron chi connectivity index (χ2n) is 7.63. The second kappa shape index (κ2) is 9.12. The Kier molecular flexibility index (Phi) is 7.38. The van der Waals surface area contributed by atoms with Crippen molar-refractivity contribution in [3.05, 3.63) is 12.4 Å². The standard InChI is InChI=1S/C15H25N5O3S.C2HF3O2/c1-4-7-24(22,23)19-6-5-15(11-19)12-20(14(21)10-17(15)2)13-8-16-18(3)9-13;3-2(4,5)1(6)7/h8-9H,4-7,10-12H2,1-3H3;(H,6,7). The van der Waals surface area contributed by atoms with Crippen molar-refractivity contribution in [2.75, 3.05) is 43.9 Å². The number of piperazine rings is 1. The number of alkyl halides is 3. The SMILES string of the molecule is CCCS(=O)(=O)N1CCC2(CN(c3cnn(C)c3)C(=O)CN2C)C1.O=C(O)C(F)(F)F. The molecule has 1 atom stereocenters. The number of nitrogens with zero attached hydrogens (tertiary/aromatic N) is 5. The summed E-state index contributed by atoms with van der Waals surface area (Å²) in [5.41, 5.74) is 0.440. The third-order valence-electron chi connectivity index (χ3n) is 5.33. The molecule has 2 aliphatic rings. The minimum absolute atomic E-state index is 0.0194. The van der Waals surface area contributed by atoms with Gasteiger partial charge in [0.1, 0.15) is 0 Å². The van der Waals surface area contributed by atoms with Gasteiger partial charge in [-0.05, 0) is 19.9 Å². The highest BCUT2D eigenvalue weighted by Gasteiger charge is 2.50. The molecule has 1 spiro atoms. The molecule has 3 rings (SSSR count). The summed E-state index contributed by atoms with van der Waals surface area (Å²) in [6.45, 7) is 3.61. The molecule has 2 aliphatic heterocycles. The monoisotopic (exact) mass is 469 g/mol. The molecule has 1 aromatic heterocycles. The Hall–Kier alpha value is -2.19. The lowest BCUT2D eigenvalue weighted by Gasteiger charge is -2.46. The fourth-order valence-electron chi connectivity index (χ4n) is 3.63. The summed E-state index contributed by atoms with van der Waals surface area (Å²) < 4.78 is 59.8. The molecule has 31 heavy (non-hydrogen) atoms. The minimum atomic E-state index is -5.08. The Morgan fingerprint density at radius 3 is 2.39 bits per heavy atom. The first-order valence-electron chi connectivity index (χ1n) is 9.50. The van der Waals surface area contributed by atoms with Crippen molar-refractivity contribution < 1.29 is 36.3 Å². The normalized spacial score (nSPS) is 23.2. The van der Waals surface area contributed by atoms with Gasteiger partial charge in [-0.1, -0.05) is 6.92 Å². The first-order chi connectivity index (χ1) is 14.2. The minimum Gasteiger partial charge on any atom is -0.475 e. The number of rotatable bonds is 4. The molecule has 0 aromatic carbocycles. The maximum atomic E-state index is 12.5. The van der Waals surface area contributed by atoms with Gasteiger partial charge in [0.2, 0.25) is 15.9 Å². The third kappa shape index (κ3) is 5.74. The smallest absolute Gasteiger partial charge is 0.475 e. The van der Waals surface area contributed by atoms with E-state index in [9.17, 15) is 26.4 Å². The van der Waals surface area contributed by atoms with E-state index >= 15 is 0 Å². The van der Waals surface area contributed by atoms with Crippen LogP contribution in [0.15, 0.2) is 12.4 Å². The van der Waals surface area contributed by atoms with E-state index in [4.69, 9.17) is 9.90 Å². The lowest BCUT2D eigenvalue weighted by molar-refractivity contribution is -0.192. The van der Waals surface area contributed by atoms with Gasteiger partial charge in [-0.2, -0.15) is 22.6 Å². The highest BCUT2D eigenvalue weighted by atomic mass is 32.2. The first kappa shape index (κ1) is 25.1. The Balaban J connectivity index is 0.000000423. The van der Waals surface area contributed by atoms with Gasteiger partial charge in [-0.25, -0.2) is 13.2 Å². The quantitative estimate of drug-likeness (QED) is 0.683. The number of amides is 1. The van der Waals surface area contributed by atoms with Gasteiger partial charge in [0.25, 0.3) is 0 Å². The summed E-state index contributed by atoms with van der Waals surface area (Å²) >= 11 is 0. The molecule has 0 aliphatic carbocycles. The summed E-state index contributed by atoms with van der Waals surface area (Å²) in [6.07, 6.45) is -0.243. The van der Waals surface area contributed by atoms with Crippen LogP contribution in [0.25, 0.3) is 0 Å². The predicted molar refractivity (Wildman–Crippen MR) is 105 cm³/mol. The van der Waals surface area contributed by atoms with Gasteiger partial charge in [-0.15, -0.1) is 0 Å². The summed E-state index contributed by atoms with van der Waals surface area (Å²) in [6, 6.07) is 0. The maximum absolute atomic E-state index is 12.5. The van der Waals surface area contributed by atoms with Crippen molar-refractivity contribution in [1.82, 2.24) is 19.0 Å². The molecule has 1 unspecified atom stereocenters. The van der Waals surface area contributed by atoms with Gasteiger partial charge in [0.15, 0.2) is 0 Å². The zero-order chi connectivity index (χ0) is 23.6. The van der Waals surface area contributed by atoms with E-state index < -0.39 is 22.2 Å². The number of hydrogen-bond donors (Lipinski definition) is 1. The Bertz CT molecular complexity index is 920. The third-order valence-corrected chi connectivity index (χ3v) is 7.36. The molecule has 3 heterocycles. The van der Waals surface area contributed by atoms with Gasteiger partial charge < -0.3 is 10.0 Å². The van der Waals surface area contributed by atoms with Crippen LogP contribution in [-0.4, -0.2) is 95.1 Å². The number of hydrogen-bond acceptors (Lipinski definition) is 6. The number of carbonyl (C=O) groups excluding carboxylic acids is 1. The topological polar surface area (TPSA) is 116 Å². The molecule has 1 N–H and O–H groups in total. The van der Waals surface area contributed by atoms with Gasteiger partial charge in [-0.3, -0.25) is 14.4 Å². The van der Waals surface area contributed by atoms with E-state index in [0.29, 0.717) is 26.1 Å². The number of anilines is 1. The molecule has 0 bridgehead atoms. The Morgan fingerprint density at radius 1 is 1.29 bits per heavy atom. The molecule has 2 saturated heterocycles. The van der Waals surface area contributed by atoms with Crippen LogP contribution in [-0.2, 0) is 26.7 Å². The van der Waals surface area contributed by atoms with Gasteiger partial charge >= 0.3 is 12.1 Å². The van der Waals surface area contributed by atoms with Crippen LogP contribution in [0.4, 0.5) is 18.9 Å². The van der Waals surface area contributed by atoms with Crippen LogP contribution in [0.2, 0.25) is 0 Å². The van der Waals surface area contributed by atoms with Crippen molar-refractivity contribution >= 4 is 27.6 Å². The van der Waals surface area contributed by atoms with Crippen molar-refractivity contribution in [1.29, 1.82) is 0 Å². The lowest BCUT2D eigenvalue weighted by atomic mass is 9.93. The van der Waals surface area contributed by atoms with E-state index in [0.717, 1.165) is 12.1 Å². The predicted octanol–water partition coefficient (Wildman–Crippen LogP) is 0.516. The summed E-state index contributed by atoms with van der Waals surface area (Å²) in [5, 5.41) is 11.3. The van der Waals surface area contributed by atoms with Crippen molar-refractivity contribution in [2.24, 2.45) is 7.05 Å². The molecule has 0 radical (unpaired) electrons. The van der Waals surface area contributed by atoms with Crippen LogP contribution < -0.4 is 4.90 Å². The number of likely N-dealkylation sites (N-methyl/N-ethyl adjacent to an activating group) is 1. The number of carbonyl (C=O) groups is 2. The number of carboxylic acid groups (broad SMARTS) is 1. The summed E-state index contributed by atoms with van der Waals surface area (Å²) in [7, 11) is 0.511. The number of sulfonamides is 1. The fourth-order valence-corrected chi connectivity index (χ4v) is 5.21. The number of aliphatic carboxylic acids is 1. The first-order valence-corrected chi connectivity index (χ1v) is 11.1.